The van der Waals surface area contributed by atoms with Crippen LogP contribution < -0.4 is 5.73 Å². The summed E-state index contributed by atoms with van der Waals surface area (Å²) >= 11 is 0. The number of rotatable bonds is 3. The van der Waals surface area contributed by atoms with Crippen LogP contribution in [-0.4, -0.2) is 11.7 Å². The fourth-order valence-electron chi connectivity index (χ4n) is 1.45. The van der Waals surface area contributed by atoms with Gasteiger partial charge in [0.25, 0.3) is 0 Å². The van der Waals surface area contributed by atoms with Gasteiger partial charge in [0.2, 0.25) is 0 Å². The van der Waals surface area contributed by atoms with E-state index < -0.39 is 0 Å². The molecule has 0 bridgehead atoms. The molecular formula is C10H17NO. The van der Waals surface area contributed by atoms with Gasteiger partial charge in [-0.25, -0.2) is 0 Å². The Kier molecular flexibility index (Phi) is 2.93. The van der Waals surface area contributed by atoms with Gasteiger partial charge in [-0.2, -0.15) is 0 Å². The predicted molar refractivity (Wildman–Crippen MR) is 50.5 cm³/mol. The summed E-state index contributed by atoms with van der Waals surface area (Å²) in [5, 5.41) is 8.70. The Balaban J connectivity index is 2.47. The summed E-state index contributed by atoms with van der Waals surface area (Å²) in [6.45, 7) is 2.48. The molecule has 1 aliphatic carbocycles. The molecule has 0 fully saturated rings. The van der Waals surface area contributed by atoms with Gasteiger partial charge in [0.1, 0.15) is 0 Å². The van der Waals surface area contributed by atoms with E-state index in [0.29, 0.717) is 0 Å². The highest BCUT2D eigenvalue weighted by atomic mass is 16.2. The summed E-state index contributed by atoms with van der Waals surface area (Å²) in [5.41, 5.74) is 6.68. The van der Waals surface area contributed by atoms with Gasteiger partial charge in [-0.05, 0) is 30.8 Å². The smallest absolute Gasteiger partial charge is 0.0431 e. The SMILES string of the molecule is CC1(CCCO)C=CC(N)=CC1. The van der Waals surface area contributed by atoms with Gasteiger partial charge in [-0.1, -0.05) is 19.1 Å². The van der Waals surface area contributed by atoms with E-state index in [-0.39, 0.29) is 12.0 Å². The van der Waals surface area contributed by atoms with Gasteiger partial charge < -0.3 is 10.8 Å². The molecular weight excluding hydrogens is 150 g/mol. The lowest BCUT2D eigenvalue weighted by Crippen LogP contribution is -2.16. The van der Waals surface area contributed by atoms with Crippen molar-refractivity contribution in [3.8, 4) is 0 Å². The second-order valence-electron chi connectivity index (χ2n) is 3.72. The third-order valence-electron chi connectivity index (χ3n) is 2.39. The summed E-state index contributed by atoms with van der Waals surface area (Å²) in [5.74, 6) is 0. The van der Waals surface area contributed by atoms with Crippen molar-refractivity contribution in [1.29, 1.82) is 0 Å². The van der Waals surface area contributed by atoms with Crippen molar-refractivity contribution in [2.75, 3.05) is 6.61 Å². The summed E-state index contributed by atoms with van der Waals surface area (Å²) < 4.78 is 0. The average Bonchev–Trinajstić information content (AvgIpc) is 2.08. The molecule has 0 heterocycles. The van der Waals surface area contributed by atoms with Gasteiger partial charge in [0.15, 0.2) is 0 Å². The normalized spacial score (nSPS) is 28.7. The molecule has 0 aromatic rings. The van der Waals surface area contributed by atoms with Crippen molar-refractivity contribution in [1.82, 2.24) is 0 Å². The molecule has 0 aromatic carbocycles. The molecule has 68 valence electrons. The highest BCUT2D eigenvalue weighted by molar-refractivity contribution is 5.23. The largest absolute Gasteiger partial charge is 0.399 e. The summed E-state index contributed by atoms with van der Waals surface area (Å²) in [4.78, 5) is 0. The van der Waals surface area contributed by atoms with E-state index in [1.165, 1.54) is 0 Å². The first kappa shape index (κ1) is 9.33. The molecule has 1 rings (SSSR count). The zero-order chi connectivity index (χ0) is 9.03. The number of aliphatic hydroxyl groups excluding tert-OH is 1. The van der Waals surface area contributed by atoms with E-state index in [1.807, 2.05) is 6.08 Å². The Bertz CT molecular complexity index is 208. The third kappa shape index (κ3) is 2.38. The molecule has 3 N–H and O–H groups in total. The van der Waals surface area contributed by atoms with Gasteiger partial charge in [-0.3, -0.25) is 0 Å². The molecule has 12 heavy (non-hydrogen) atoms. The van der Waals surface area contributed by atoms with Crippen LogP contribution in [0.2, 0.25) is 0 Å². The number of hydrogen-bond acceptors (Lipinski definition) is 2. The molecule has 2 nitrogen and oxygen atoms in total. The lowest BCUT2D eigenvalue weighted by atomic mass is 9.79. The molecule has 0 amide bonds. The van der Waals surface area contributed by atoms with E-state index in [0.717, 1.165) is 25.0 Å². The van der Waals surface area contributed by atoms with Crippen molar-refractivity contribution in [2.45, 2.75) is 26.2 Å². The van der Waals surface area contributed by atoms with Crippen LogP contribution >= 0.6 is 0 Å². The Morgan fingerprint density at radius 1 is 1.67 bits per heavy atom. The first-order chi connectivity index (χ1) is 5.66. The minimum atomic E-state index is 0.214. The predicted octanol–water partition coefficient (Wildman–Crippen LogP) is 1.57. The van der Waals surface area contributed by atoms with Crippen LogP contribution in [0.5, 0.6) is 0 Å². The number of allylic oxidation sites excluding steroid dienone is 3. The monoisotopic (exact) mass is 167 g/mol. The lowest BCUT2D eigenvalue weighted by molar-refractivity contribution is 0.255. The molecule has 0 spiro atoms. The van der Waals surface area contributed by atoms with E-state index in [2.05, 4.69) is 19.1 Å². The van der Waals surface area contributed by atoms with E-state index >= 15 is 0 Å². The maximum atomic E-state index is 8.70. The van der Waals surface area contributed by atoms with Crippen molar-refractivity contribution < 1.29 is 5.11 Å². The minimum absolute atomic E-state index is 0.214. The Morgan fingerprint density at radius 3 is 2.92 bits per heavy atom. The molecule has 0 radical (unpaired) electrons. The number of nitrogens with two attached hydrogens (primary N) is 1. The summed E-state index contributed by atoms with van der Waals surface area (Å²) in [6, 6.07) is 0. The summed E-state index contributed by atoms with van der Waals surface area (Å²) in [7, 11) is 0. The summed E-state index contributed by atoms with van der Waals surface area (Å²) in [6.07, 6.45) is 9.06. The second kappa shape index (κ2) is 3.76. The number of hydrogen-bond donors (Lipinski definition) is 2. The third-order valence-corrected chi connectivity index (χ3v) is 2.39. The molecule has 1 aliphatic rings. The number of aliphatic hydroxyl groups is 1. The molecule has 2 heteroatoms. The molecule has 0 saturated carbocycles. The second-order valence-corrected chi connectivity index (χ2v) is 3.72. The minimum Gasteiger partial charge on any atom is -0.399 e. The first-order valence-corrected chi connectivity index (χ1v) is 4.42. The van der Waals surface area contributed by atoms with E-state index in [9.17, 15) is 0 Å². The topological polar surface area (TPSA) is 46.2 Å². The molecule has 0 aromatic heterocycles. The molecule has 1 unspecified atom stereocenters. The van der Waals surface area contributed by atoms with Gasteiger partial charge in [0.05, 0.1) is 0 Å². The maximum absolute atomic E-state index is 8.70. The van der Waals surface area contributed by atoms with Crippen LogP contribution in [0.4, 0.5) is 0 Å². The van der Waals surface area contributed by atoms with Crippen LogP contribution in [0, 0.1) is 5.41 Å². The van der Waals surface area contributed by atoms with Crippen molar-refractivity contribution in [2.24, 2.45) is 11.1 Å². The Morgan fingerprint density at radius 2 is 2.42 bits per heavy atom. The van der Waals surface area contributed by atoms with Crippen molar-refractivity contribution in [3.05, 3.63) is 23.9 Å². The lowest BCUT2D eigenvalue weighted by Gasteiger charge is -2.26. The van der Waals surface area contributed by atoms with Crippen LogP contribution in [0.1, 0.15) is 26.2 Å². The van der Waals surface area contributed by atoms with Crippen LogP contribution in [0.15, 0.2) is 23.9 Å². The first-order valence-electron chi connectivity index (χ1n) is 4.42. The quantitative estimate of drug-likeness (QED) is 0.670. The van der Waals surface area contributed by atoms with Crippen molar-refractivity contribution in [3.63, 3.8) is 0 Å². The van der Waals surface area contributed by atoms with Crippen molar-refractivity contribution >= 4 is 0 Å². The Hall–Kier alpha value is -0.760. The standard InChI is InChI=1S/C10H17NO/c1-10(5-2-8-12)6-3-9(11)4-7-10/h3-4,6,12H,2,5,7-8,11H2,1H3. The van der Waals surface area contributed by atoms with E-state index in [4.69, 9.17) is 10.8 Å². The van der Waals surface area contributed by atoms with Crippen LogP contribution in [0.3, 0.4) is 0 Å². The molecule has 0 saturated heterocycles. The highest BCUT2D eigenvalue weighted by Gasteiger charge is 2.20. The zero-order valence-electron chi connectivity index (χ0n) is 7.59. The maximum Gasteiger partial charge on any atom is 0.0431 e. The fraction of sp³-hybridized carbons (Fsp3) is 0.600. The molecule has 1 atom stereocenters. The van der Waals surface area contributed by atoms with Gasteiger partial charge in [-0.15, -0.1) is 0 Å². The van der Waals surface area contributed by atoms with Crippen LogP contribution in [-0.2, 0) is 0 Å². The average molecular weight is 167 g/mol. The fourth-order valence-corrected chi connectivity index (χ4v) is 1.45. The Labute approximate surface area is 73.8 Å². The highest BCUT2D eigenvalue weighted by Crippen LogP contribution is 2.32. The van der Waals surface area contributed by atoms with Gasteiger partial charge >= 0.3 is 0 Å². The van der Waals surface area contributed by atoms with E-state index in [1.54, 1.807) is 0 Å². The van der Waals surface area contributed by atoms with Crippen LogP contribution in [0.25, 0.3) is 0 Å². The zero-order valence-corrected chi connectivity index (χ0v) is 7.59. The molecule has 0 aliphatic heterocycles. The van der Waals surface area contributed by atoms with Gasteiger partial charge in [0, 0.05) is 12.3 Å².